The van der Waals surface area contributed by atoms with Crippen LogP contribution in [0.4, 0.5) is 0 Å². The minimum atomic E-state index is -3.66. The number of nitrogens with zero attached hydrogens (tertiary/aromatic N) is 1. The van der Waals surface area contributed by atoms with Gasteiger partial charge in [0, 0.05) is 26.3 Å². The zero-order chi connectivity index (χ0) is 20.5. The lowest BCUT2D eigenvalue weighted by atomic mass is 9.83. The molecule has 0 bridgehead atoms. The number of sulfonamides is 1. The van der Waals surface area contributed by atoms with E-state index in [2.05, 4.69) is 15.6 Å². The van der Waals surface area contributed by atoms with Gasteiger partial charge in [-0.2, -0.15) is 0 Å². The molecule has 1 aliphatic rings. The Labute approximate surface area is 192 Å². The van der Waals surface area contributed by atoms with Crippen LogP contribution in [0.15, 0.2) is 34.2 Å². The summed E-state index contributed by atoms with van der Waals surface area (Å²) in [6.45, 7) is 7.77. The second kappa shape index (κ2) is 12.7. The number of ether oxygens (including phenoxy) is 1. The highest BCUT2D eigenvalue weighted by molar-refractivity contribution is 14.0. The lowest BCUT2D eigenvalue weighted by Gasteiger charge is -2.30. The monoisotopic (exact) mass is 538 g/mol. The van der Waals surface area contributed by atoms with Crippen LogP contribution >= 0.6 is 24.0 Å². The molecule has 9 heteroatoms. The van der Waals surface area contributed by atoms with E-state index in [4.69, 9.17) is 9.88 Å². The summed E-state index contributed by atoms with van der Waals surface area (Å²) in [6.07, 6.45) is 6.07. The van der Waals surface area contributed by atoms with Crippen LogP contribution in [-0.4, -0.2) is 40.7 Å². The Kier molecular flexibility index (Phi) is 11.4. The van der Waals surface area contributed by atoms with Crippen molar-refractivity contribution in [2.24, 2.45) is 15.5 Å². The molecular formula is C20H35IN4O3S. The minimum Gasteiger partial charge on any atom is -0.382 e. The van der Waals surface area contributed by atoms with Crippen molar-refractivity contribution in [2.45, 2.75) is 57.4 Å². The molecule has 0 radical (unpaired) electrons. The fourth-order valence-corrected chi connectivity index (χ4v) is 4.16. The number of benzene rings is 1. The van der Waals surface area contributed by atoms with E-state index in [0.717, 1.165) is 44.2 Å². The van der Waals surface area contributed by atoms with Gasteiger partial charge in [-0.1, -0.05) is 25.0 Å². The third-order valence-electron chi connectivity index (χ3n) is 5.29. The Morgan fingerprint density at radius 1 is 1.17 bits per heavy atom. The van der Waals surface area contributed by atoms with Crippen molar-refractivity contribution in [1.29, 1.82) is 0 Å². The highest BCUT2D eigenvalue weighted by Crippen LogP contribution is 2.40. The second-order valence-corrected chi connectivity index (χ2v) is 8.95. The molecule has 1 saturated carbocycles. The van der Waals surface area contributed by atoms with Crippen molar-refractivity contribution in [3.8, 4) is 0 Å². The standard InChI is InChI=1S/C20H34N4O3S.HI/c1-3-22-19(23-15-17-7-9-18(10-8-17)28(21,25)26)24-16-20(11-5-6-12-20)13-14-27-4-2;/h7-10H,3-6,11-16H2,1-2H3,(H2,21,25,26)(H2,22,23,24);1H. The maximum Gasteiger partial charge on any atom is 0.238 e. The Balaban J connectivity index is 0.00000420. The van der Waals surface area contributed by atoms with E-state index >= 15 is 0 Å². The summed E-state index contributed by atoms with van der Waals surface area (Å²) in [7, 11) is -3.66. The first-order valence-electron chi connectivity index (χ1n) is 10.1. The zero-order valence-electron chi connectivity index (χ0n) is 17.4. The van der Waals surface area contributed by atoms with Crippen molar-refractivity contribution < 1.29 is 13.2 Å². The molecule has 4 N–H and O–H groups in total. The Bertz CT molecular complexity index is 733. The Morgan fingerprint density at radius 2 is 1.83 bits per heavy atom. The molecule has 0 aliphatic heterocycles. The zero-order valence-corrected chi connectivity index (χ0v) is 20.6. The number of nitrogens with two attached hydrogens (primary N) is 1. The van der Waals surface area contributed by atoms with Crippen LogP contribution in [0.3, 0.4) is 0 Å². The Morgan fingerprint density at radius 3 is 2.38 bits per heavy atom. The molecule has 0 unspecified atom stereocenters. The molecule has 0 spiro atoms. The third-order valence-corrected chi connectivity index (χ3v) is 6.22. The average Bonchev–Trinajstić information content (AvgIpc) is 3.13. The molecule has 7 nitrogen and oxygen atoms in total. The molecule has 0 aromatic heterocycles. The van der Waals surface area contributed by atoms with Crippen LogP contribution in [0, 0.1) is 5.41 Å². The van der Waals surface area contributed by atoms with Gasteiger partial charge in [0.15, 0.2) is 5.96 Å². The lowest BCUT2D eigenvalue weighted by Crippen LogP contribution is -2.43. The molecule has 1 aromatic rings. The predicted molar refractivity (Wildman–Crippen MR) is 128 cm³/mol. The van der Waals surface area contributed by atoms with Crippen molar-refractivity contribution >= 4 is 40.0 Å². The highest BCUT2D eigenvalue weighted by Gasteiger charge is 2.33. The molecule has 0 saturated heterocycles. The SMILES string of the molecule is CCNC(=NCc1ccc(S(N)(=O)=O)cc1)NCC1(CCOCC)CCCC1.I. The van der Waals surface area contributed by atoms with Gasteiger partial charge in [-0.05, 0) is 56.2 Å². The van der Waals surface area contributed by atoms with Gasteiger partial charge in [-0.25, -0.2) is 18.5 Å². The maximum atomic E-state index is 11.4. The van der Waals surface area contributed by atoms with Crippen LogP contribution in [0.25, 0.3) is 0 Å². The van der Waals surface area contributed by atoms with Crippen molar-refractivity contribution in [3.63, 3.8) is 0 Å². The number of guanidine groups is 1. The smallest absolute Gasteiger partial charge is 0.238 e. The van der Waals surface area contributed by atoms with Crippen molar-refractivity contribution in [3.05, 3.63) is 29.8 Å². The molecule has 2 rings (SSSR count). The number of halogens is 1. The molecule has 0 atom stereocenters. The topological polar surface area (TPSA) is 106 Å². The number of hydrogen-bond acceptors (Lipinski definition) is 4. The first kappa shape index (κ1) is 26.1. The fourth-order valence-electron chi connectivity index (χ4n) is 3.64. The van der Waals surface area contributed by atoms with E-state index in [-0.39, 0.29) is 34.3 Å². The van der Waals surface area contributed by atoms with Gasteiger partial charge in [-0.3, -0.25) is 0 Å². The van der Waals surface area contributed by atoms with E-state index in [9.17, 15) is 8.42 Å². The van der Waals surface area contributed by atoms with Crippen molar-refractivity contribution in [1.82, 2.24) is 10.6 Å². The fraction of sp³-hybridized carbons (Fsp3) is 0.650. The molecule has 29 heavy (non-hydrogen) atoms. The first-order valence-corrected chi connectivity index (χ1v) is 11.6. The number of rotatable bonds is 10. The van der Waals surface area contributed by atoms with Gasteiger partial charge in [0.1, 0.15) is 0 Å². The number of nitrogens with one attached hydrogen (secondary N) is 2. The largest absolute Gasteiger partial charge is 0.382 e. The van der Waals surface area contributed by atoms with E-state index in [1.54, 1.807) is 12.1 Å². The summed E-state index contributed by atoms with van der Waals surface area (Å²) >= 11 is 0. The van der Waals surface area contributed by atoms with E-state index < -0.39 is 10.0 Å². The maximum absolute atomic E-state index is 11.4. The van der Waals surface area contributed by atoms with E-state index in [0.29, 0.717) is 6.54 Å². The highest BCUT2D eigenvalue weighted by atomic mass is 127. The summed E-state index contributed by atoms with van der Waals surface area (Å²) < 4.78 is 28.3. The van der Waals surface area contributed by atoms with Gasteiger partial charge >= 0.3 is 0 Å². The summed E-state index contributed by atoms with van der Waals surface area (Å²) in [6, 6.07) is 6.52. The van der Waals surface area contributed by atoms with Crippen LogP contribution in [0.1, 0.15) is 51.5 Å². The van der Waals surface area contributed by atoms with Crippen LogP contribution in [0.2, 0.25) is 0 Å². The molecule has 0 heterocycles. The minimum absolute atomic E-state index is 0. The van der Waals surface area contributed by atoms with Gasteiger partial charge in [0.25, 0.3) is 0 Å². The number of aliphatic imine (C=N–C) groups is 1. The van der Waals surface area contributed by atoms with Crippen LogP contribution in [-0.2, 0) is 21.3 Å². The summed E-state index contributed by atoms with van der Waals surface area (Å²) in [5.41, 5.74) is 1.21. The molecular weight excluding hydrogens is 503 g/mol. The van der Waals surface area contributed by atoms with Gasteiger partial charge in [0.05, 0.1) is 11.4 Å². The number of hydrogen-bond donors (Lipinski definition) is 3. The quantitative estimate of drug-likeness (QED) is 0.184. The second-order valence-electron chi connectivity index (χ2n) is 7.39. The van der Waals surface area contributed by atoms with Gasteiger partial charge < -0.3 is 15.4 Å². The summed E-state index contributed by atoms with van der Waals surface area (Å²) in [4.78, 5) is 4.76. The van der Waals surface area contributed by atoms with Gasteiger partial charge in [0.2, 0.25) is 10.0 Å². The van der Waals surface area contributed by atoms with Crippen LogP contribution < -0.4 is 15.8 Å². The predicted octanol–water partition coefficient (Wildman–Crippen LogP) is 2.99. The van der Waals surface area contributed by atoms with Crippen LogP contribution in [0.5, 0.6) is 0 Å². The Hall–Kier alpha value is -0.910. The van der Waals surface area contributed by atoms with E-state index in [1.165, 1.54) is 37.8 Å². The first-order chi connectivity index (χ1) is 13.4. The molecule has 1 aromatic carbocycles. The van der Waals surface area contributed by atoms with Gasteiger partial charge in [-0.15, -0.1) is 24.0 Å². The normalized spacial score (nSPS) is 16.3. The van der Waals surface area contributed by atoms with Crippen molar-refractivity contribution in [2.75, 3.05) is 26.3 Å². The molecule has 0 amide bonds. The molecule has 166 valence electrons. The summed E-state index contributed by atoms with van der Waals surface area (Å²) in [5, 5.41) is 11.9. The molecule has 1 fully saturated rings. The third kappa shape index (κ3) is 8.77. The lowest BCUT2D eigenvalue weighted by molar-refractivity contribution is 0.105. The number of primary sulfonamides is 1. The molecule has 1 aliphatic carbocycles. The van der Waals surface area contributed by atoms with E-state index in [1.807, 2.05) is 13.8 Å². The summed E-state index contributed by atoms with van der Waals surface area (Å²) in [5.74, 6) is 0.778. The average molecular weight is 538 g/mol.